The molecule has 0 aromatic heterocycles. The average Bonchev–Trinajstić information content (AvgIpc) is 2.23. The second-order valence-electron chi connectivity index (χ2n) is 5.41. The van der Waals surface area contributed by atoms with Crippen LogP contribution in [-0.2, 0) is 0 Å². The van der Waals surface area contributed by atoms with Crippen LogP contribution in [0.4, 0.5) is 0 Å². The molecule has 1 rings (SSSR count). The Morgan fingerprint density at radius 2 is 2.00 bits per heavy atom. The van der Waals surface area contributed by atoms with Crippen LogP contribution < -0.4 is 5.73 Å². The number of aliphatic imine (C=N–C) groups is 1. The predicted octanol–water partition coefficient (Wildman–Crippen LogP) is 2.67. The first-order chi connectivity index (χ1) is 6.14. The predicted molar refractivity (Wildman–Crippen MR) is 66.0 cm³/mol. The van der Waals surface area contributed by atoms with Crippen molar-refractivity contribution >= 4 is 16.8 Å². The fourth-order valence-electron chi connectivity index (χ4n) is 1.24. The molecule has 0 radical (unpaired) electrons. The molecule has 1 heterocycles. The molecule has 2 atom stereocenters. The number of thioether (sulfide) groups is 1. The van der Waals surface area contributed by atoms with E-state index in [1.807, 2.05) is 11.8 Å². The third kappa shape index (κ3) is 2.31. The lowest BCUT2D eigenvalue weighted by Gasteiger charge is -2.26. The highest BCUT2D eigenvalue weighted by molar-refractivity contribution is 8.14. The second kappa shape index (κ2) is 3.53. The van der Waals surface area contributed by atoms with E-state index >= 15 is 0 Å². The van der Waals surface area contributed by atoms with E-state index in [0.29, 0.717) is 11.2 Å². The summed E-state index contributed by atoms with van der Waals surface area (Å²) in [5.74, 6) is 0.344. The monoisotopic (exact) mass is 214 g/mol. The van der Waals surface area contributed by atoms with Gasteiger partial charge in [0.05, 0.1) is 10.6 Å². The lowest BCUT2D eigenvalue weighted by molar-refractivity contribution is 0.431. The van der Waals surface area contributed by atoms with Crippen LogP contribution in [0.5, 0.6) is 0 Å². The zero-order chi connectivity index (χ0) is 11.1. The van der Waals surface area contributed by atoms with Gasteiger partial charge in [0.25, 0.3) is 0 Å². The highest BCUT2D eigenvalue weighted by Gasteiger charge is 2.38. The molecule has 0 bridgehead atoms. The van der Waals surface area contributed by atoms with E-state index in [2.05, 4.69) is 41.5 Å². The molecule has 2 unspecified atom stereocenters. The molecule has 0 spiro atoms. The lowest BCUT2D eigenvalue weighted by atomic mass is 9.91. The van der Waals surface area contributed by atoms with E-state index in [0.717, 1.165) is 0 Å². The van der Waals surface area contributed by atoms with E-state index in [9.17, 15) is 0 Å². The Bertz CT molecular complexity index is 251. The van der Waals surface area contributed by atoms with Gasteiger partial charge in [0, 0.05) is 16.7 Å². The summed E-state index contributed by atoms with van der Waals surface area (Å²) in [6.45, 7) is 12.9. The number of rotatable bonds is 2. The molecular formula is C11H22N2S. The number of nitrogens with two attached hydrogens (primary N) is 1. The first kappa shape index (κ1) is 12.1. The maximum Gasteiger partial charge on any atom is 0.0732 e. The van der Waals surface area contributed by atoms with Gasteiger partial charge in [-0.15, -0.1) is 11.8 Å². The van der Waals surface area contributed by atoms with E-state index < -0.39 is 0 Å². The minimum absolute atomic E-state index is 0.0690. The minimum Gasteiger partial charge on any atom is -0.325 e. The summed E-state index contributed by atoms with van der Waals surface area (Å²) in [6, 6.07) is 0. The van der Waals surface area contributed by atoms with E-state index in [1.54, 1.807) is 0 Å². The van der Waals surface area contributed by atoms with Crippen LogP contribution >= 0.6 is 11.8 Å². The summed E-state index contributed by atoms with van der Waals surface area (Å²) in [7, 11) is 0. The summed E-state index contributed by atoms with van der Waals surface area (Å²) in [4.78, 5) is 4.77. The van der Waals surface area contributed by atoms with Crippen molar-refractivity contribution in [2.75, 3.05) is 0 Å². The molecule has 3 heteroatoms. The topological polar surface area (TPSA) is 38.4 Å². The SMILES string of the molecule is CC(C1=NC(C)(C)C(C)S1)C(C)(C)N. The highest BCUT2D eigenvalue weighted by atomic mass is 32.2. The first-order valence-electron chi connectivity index (χ1n) is 5.20. The maximum absolute atomic E-state index is 6.10. The van der Waals surface area contributed by atoms with Gasteiger partial charge in [0.15, 0.2) is 0 Å². The Morgan fingerprint density at radius 3 is 2.29 bits per heavy atom. The molecule has 0 aromatic rings. The number of nitrogens with zero attached hydrogens (tertiary/aromatic N) is 1. The number of hydrogen-bond donors (Lipinski definition) is 1. The largest absolute Gasteiger partial charge is 0.325 e. The second-order valence-corrected chi connectivity index (χ2v) is 6.77. The minimum atomic E-state index is -0.175. The van der Waals surface area contributed by atoms with E-state index in [-0.39, 0.29) is 11.1 Å². The maximum atomic E-state index is 6.10. The zero-order valence-electron chi connectivity index (χ0n) is 10.1. The molecular weight excluding hydrogens is 192 g/mol. The van der Waals surface area contributed by atoms with Crippen molar-refractivity contribution in [2.45, 2.75) is 57.9 Å². The van der Waals surface area contributed by atoms with Gasteiger partial charge in [-0.3, -0.25) is 4.99 Å². The van der Waals surface area contributed by atoms with Crippen molar-refractivity contribution < 1.29 is 0 Å². The molecule has 0 fully saturated rings. The highest BCUT2D eigenvalue weighted by Crippen LogP contribution is 2.39. The quantitative estimate of drug-likeness (QED) is 0.767. The Hall–Kier alpha value is -0.0200. The van der Waals surface area contributed by atoms with Gasteiger partial charge in [0.2, 0.25) is 0 Å². The average molecular weight is 214 g/mol. The summed E-state index contributed by atoms with van der Waals surface area (Å²) in [5, 5.41) is 1.78. The third-order valence-corrected chi connectivity index (χ3v) is 4.79. The van der Waals surface area contributed by atoms with Gasteiger partial charge >= 0.3 is 0 Å². The Kier molecular flexibility index (Phi) is 3.04. The van der Waals surface area contributed by atoms with Crippen molar-refractivity contribution in [1.82, 2.24) is 0 Å². The molecule has 0 saturated heterocycles. The summed E-state index contributed by atoms with van der Waals surface area (Å²) in [6.07, 6.45) is 0. The molecule has 0 aromatic carbocycles. The Labute approximate surface area is 91.7 Å². The van der Waals surface area contributed by atoms with Crippen molar-refractivity contribution in [1.29, 1.82) is 0 Å². The van der Waals surface area contributed by atoms with Crippen LogP contribution in [0.25, 0.3) is 0 Å². The van der Waals surface area contributed by atoms with Crippen molar-refractivity contribution in [3.05, 3.63) is 0 Å². The van der Waals surface area contributed by atoms with Crippen LogP contribution in [0.3, 0.4) is 0 Å². The summed E-state index contributed by atoms with van der Waals surface area (Å²) < 4.78 is 0. The first-order valence-corrected chi connectivity index (χ1v) is 6.08. The van der Waals surface area contributed by atoms with Crippen molar-refractivity contribution in [3.8, 4) is 0 Å². The lowest BCUT2D eigenvalue weighted by Crippen LogP contribution is -2.42. The standard InChI is InChI=1S/C11H22N2S/c1-7(10(3,4)12)9-13-11(5,6)8(2)14-9/h7-8H,12H2,1-6H3. The van der Waals surface area contributed by atoms with Gasteiger partial charge < -0.3 is 5.73 Å². The molecule has 82 valence electrons. The van der Waals surface area contributed by atoms with E-state index in [4.69, 9.17) is 10.7 Å². The molecule has 2 N–H and O–H groups in total. The molecule has 0 amide bonds. The third-order valence-electron chi connectivity index (χ3n) is 3.18. The molecule has 1 aliphatic heterocycles. The van der Waals surface area contributed by atoms with Crippen LogP contribution in [0, 0.1) is 5.92 Å². The molecule has 0 aliphatic carbocycles. The van der Waals surface area contributed by atoms with E-state index in [1.165, 1.54) is 5.04 Å². The van der Waals surface area contributed by atoms with Crippen LogP contribution in [0.15, 0.2) is 4.99 Å². The molecule has 2 nitrogen and oxygen atoms in total. The molecule has 1 aliphatic rings. The fourth-order valence-corrected chi connectivity index (χ4v) is 2.74. The number of hydrogen-bond acceptors (Lipinski definition) is 3. The van der Waals surface area contributed by atoms with Crippen molar-refractivity contribution in [3.63, 3.8) is 0 Å². The van der Waals surface area contributed by atoms with Gasteiger partial charge in [-0.2, -0.15) is 0 Å². The molecule has 14 heavy (non-hydrogen) atoms. The van der Waals surface area contributed by atoms with Crippen molar-refractivity contribution in [2.24, 2.45) is 16.6 Å². The van der Waals surface area contributed by atoms with Gasteiger partial charge in [-0.25, -0.2) is 0 Å². The van der Waals surface area contributed by atoms with Gasteiger partial charge in [0.1, 0.15) is 0 Å². The summed E-state index contributed by atoms with van der Waals surface area (Å²) in [5.41, 5.74) is 5.99. The molecule has 0 saturated carbocycles. The van der Waals surface area contributed by atoms with Crippen LogP contribution in [-0.4, -0.2) is 21.4 Å². The normalized spacial score (nSPS) is 28.8. The fraction of sp³-hybridized carbons (Fsp3) is 0.909. The van der Waals surface area contributed by atoms with Crippen LogP contribution in [0.2, 0.25) is 0 Å². The summed E-state index contributed by atoms with van der Waals surface area (Å²) >= 11 is 1.88. The van der Waals surface area contributed by atoms with Crippen LogP contribution in [0.1, 0.15) is 41.5 Å². The Balaban J connectivity index is 2.83. The van der Waals surface area contributed by atoms with Gasteiger partial charge in [-0.1, -0.05) is 13.8 Å². The zero-order valence-corrected chi connectivity index (χ0v) is 10.9. The van der Waals surface area contributed by atoms with Gasteiger partial charge in [-0.05, 0) is 27.7 Å². The smallest absolute Gasteiger partial charge is 0.0732 e. The Morgan fingerprint density at radius 1 is 1.50 bits per heavy atom.